The summed E-state index contributed by atoms with van der Waals surface area (Å²) >= 11 is 0. The molecule has 0 spiro atoms. The number of hydrogen-bond acceptors (Lipinski definition) is 7. The second kappa shape index (κ2) is 9.69. The minimum absolute atomic E-state index is 0. The number of nitrogens with zero attached hydrogens (tertiary/aromatic N) is 5. The predicted molar refractivity (Wildman–Crippen MR) is 114 cm³/mol. The van der Waals surface area contributed by atoms with Crippen molar-refractivity contribution in [1.82, 2.24) is 24.7 Å². The van der Waals surface area contributed by atoms with Gasteiger partial charge in [0.05, 0.1) is 17.9 Å². The Morgan fingerprint density at radius 1 is 1.29 bits per heavy atom. The highest BCUT2D eigenvalue weighted by atomic mass is 127. The van der Waals surface area contributed by atoms with Gasteiger partial charge in [-0.25, -0.2) is 13.4 Å². The standard InChI is InChI=1S/C16H24N6O4S.HI/c1-12-13(2)26-15(19-12)10-18-16(17-3)21-5-7-22(8-6-21)27(23,24)11-14-4-9-25-20-14;/h4,9H,5-8,10-11H2,1-3H3,(H,17,18);1H. The summed E-state index contributed by atoms with van der Waals surface area (Å²) in [6, 6.07) is 1.56. The number of rotatable bonds is 5. The molecule has 0 amide bonds. The third kappa shape index (κ3) is 5.44. The van der Waals surface area contributed by atoms with Gasteiger partial charge in [-0.2, -0.15) is 4.31 Å². The Morgan fingerprint density at radius 2 is 2.00 bits per heavy atom. The van der Waals surface area contributed by atoms with Crippen LogP contribution in [0.3, 0.4) is 0 Å². The van der Waals surface area contributed by atoms with Gasteiger partial charge in [-0.05, 0) is 13.8 Å². The smallest absolute Gasteiger partial charge is 0.220 e. The SMILES string of the molecule is CN=C(NCc1nc(C)c(C)o1)N1CCN(S(=O)(=O)Cc2ccon2)CC1.I. The van der Waals surface area contributed by atoms with Gasteiger partial charge < -0.3 is 19.2 Å². The van der Waals surface area contributed by atoms with E-state index in [9.17, 15) is 8.42 Å². The molecule has 1 saturated heterocycles. The van der Waals surface area contributed by atoms with E-state index in [2.05, 4.69) is 20.4 Å². The topological polar surface area (TPSA) is 117 Å². The monoisotopic (exact) mass is 524 g/mol. The maximum atomic E-state index is 12.5. The fraction of sp³-hybridized carbons (Fsp3) is 0.562. The lowest BCUT2D eigenvalue weighted by molar-refractivity contribution is 0.259. The second-order valence-electron chi connectivity index (χ2n) is 6.28. The largest absolute Gasteiger partial charge is 0.444 e. The maximum Gasteiger partial charge on any atom is 0.220 e. The van der Waals surface area contributed by atoms with E-state index in [1.54, 1.807) is 13.1 Å². The van der Waals surface area contributed by atoms with Gasteiger partial charge in [0.15, 0.2) is 5.96 Å². The quantitative estimate of drug-likeness (QED) is 0.352. The molecule has 0 bridgehead atoms. The molecule has 2 aromatic heterocycles. The van der Waals surface area contributed by atoms with Crippen LogP contribution in [0.15, 0.2) is 26.3 Å². The molecule has 1 aliphatic heterocycles. The fourth-order valence-electron chi connectivity index (χ4n) is 2.87. The number of aryl methyl sites for hydroxylation is 2. The van der Waals surface area contributed by atoms with Crippen LogP contribution in [0.25, 0.3) is 0 Å². The van der Waals surface area contributed by atoms with Crippen molar-refractivity contribution >= 4 is 40.0 Å². The Bertz CT molecular complexity index is 869. The Kier molecular flexibility index (Phi) is 7.83. The molecule has 1 N–H and O–H groups in total. The van der Waals surface area contributed by atoms with E-state index in [1.807, 2.05) is 18.7 Å². The number of nitrogens with one attached hydrogen (secondary N) is 1. The van der Waals surface area contributed by atoms with Gasteiger partial charge in [0.25, 0.3) is 0 Å². The zero-order valence-corrected chi connectivity index (χ0v) is 19.2. The van der Waals surface area contributed by atoms with Gasteiger partial charge in [0.1, 0.15) is 17.8 Å². The zero-order chi connectivity index (χ0) is 19.4. The summed E-state index contributed by atoms with van der Waals surface area (Å²) in [5.41, 5.74) is 1.28. The molecule has 0 saturated carbocycles. The Hall–Kier alpha value is -1.67. The molecular formula is C16H25IN6O4S. The van der Waals surface area contributed by atoms with Crippen molar-refractivity contribution in [3.05, 3.63) is 35.4 Å². The molecule has 10 nitrogen and oxygen atoms in total. The summed E-state index contributed by atoms with van der Waals surface area (Å²) in [5.74, 6) is 1.93. The van der Waals surface area contributed by atoms with Crippen molar-refractivity contribution in [3.8, 4) is 0 Å². The number of guanidine groups is 1. The highest BCUT2D eigenvalue weighted by Gasteiger charge is 2.29. The molecular weight excluding hydrogens is 499 g/mol. The van der Waals surface area contributed by atoms with E-state index >= 15 is 0 Å². The normalized spacial score (nSPS) is 16.1. The van der Waals surface area contributed by atoms with Crippen molar-refractivity contribution in [3.63, 3.8) is 0 Å². The first-order valence-corrected chi connectivity index (χ1v) is 10.3. The van der Waals surface area contributed by atoms with E-state index in [4.69, 9.17) is 8.94 Å². The van der Waals surface area contributed by atoms with Crippen molar-refractivity contribution in [1.29, 1.82) is 0 Å². The third-order valence-electron chi connectivity index (χ3n) is 4.44. The van der Waals surface area contributed by atoms with E-state index in [0.717, 1.165) is 11.5 Å². The van der Waals surface area contributed by atoms with Gasteiger partial charge >= 0.3 is 0 Å². The molecule has 1 aliphatic rings. The molecule has 1 fully saturated rings. The van der Waals surface area contributed by atoms with Crippen LogP contribution in [0, 0.1) is 13.8 Å². The molecule has 156 valence electrons. The molecule has 0 atom stereocenters. The summed E-state index contributed by atoms with van der Waals surface area (Å²) < 4.78 is 36.7. The third-order valence-corrected chi connectivity index (χ3v) is 6.25. The lowest BCUT2D eigenvalue weighted by Gasteiger charge is -2.35. The molecule has 12 heteroatoms. The molecule has 3 heterocycles. The number of hydrogen-bond donors (Lipinski definition) is 1. The van der Waals surface area contributed by atoms with Gasteiger partial charge in [0.2, 0.25) is 15.9 Å². The van der Waals surface area contributed by atoms with Crippen LogP contribution in [0.2, 0.25) is 0 Å². The van der Waals surface area contributed by atoms with E-state index in [-0.39, 0.29) is 29.7 Å². The highest BCUT2D eigenvalue weighted by Crippen LogP contribution is 2.13. The molecule has 0 aromatic carbocycles. The van der Waals surface area contributed by atoms with Crippen molar-refractivity contribution in [2.75, 3.05) is 33.2 Å². The minimum atomic E-state index is -3.42. The van der Waals surface area contributed by atoms with Crippen LogP contribution in [0.1, 0.15) is 23.0 Å². The number of halogens is 1. The van der Waals surface area contributed by atoms with E-state index < -0.39 is 10.0 Å². The highest BCUT2D eigenvalue weighted by molar-refractivity contribution is 14.0. The van der Waals surface area contributed by atoms with Gasteiger partial charge in [0, 0.05) is 39.3 Å². The molecule has 0 unspecified atom stereocenters. The van der Waals surface area contributed by atoms with Crippen LogP contribution in [-0.4, -0.2) is 66.9 Å². The summed E-state index contributed by atoms with van der Waals surface area (Å²) in [4.78, 5) is 10.6. The van der Waals surface area contributed by atoms with Crippen LogP contribution in [-0.2, 0) is 22.3 Å². The van der Waals surface area contributed by atoms with Gasteiger partial charge in [-0.15, -0.1) is 24.0 Å². The van der Waals surface area contributed by atoms with Crippen molar-refractivity contribution in [2.45, 2.75) is 26.1 Å². The first-order chi connectivity index (χ1) is 12.9. The minimum Gasteiger partial charge on any atom is -0.444 e. The summed E-state index contributed by atoms with van der Waals surface area (Å²) in [5, 5.41) is 6.89. The maximum absolute atomic E-state index is 12.5. The van der Waals surface area contributed by atoms with Crippen LogP contribution in [0.5, 0.6) is 0 Å². The number of sulfonamides is 1. The Morgan fingerprint density at radius 3 is 2.54 bits per heavy atom. The molecule has 0 aliphatic carbocycles. The fourth-order valence-corrected chi connectivity index (χ4v) is 4.29. The lowest BCUT2D eigenvalue weighted by Crippen LogP contribution is -2.53. The van der Waals surface area contributed by atoms with Crippen LogP contribution in [0.4, 0.5) is 0 Å². The van der Waals surface area contributed by atoms with Gasteiger partial charge in [-0.3, -0.25) is 4.99 Å². The molecule has 28 heavy (non-hydrogen) atoms. The number of piperazine rings is 1. The number of aromatic nitrogens is 2. The van der Waals surface area contributed by atoms with E-state index in [0.29, 0.717) is 50.3 Å². The predicted octanol–water partition coefficient (Wildman–Crippen LogP) is 1.12. The van der Waals surface area contributed by atoms with Crippen LogP contribution >= 0.6 is 24.0 Å². The molecule has 3 rings (SSSR count). The second-order valence-corrected chi connectivity index (χ2v) is 8.25. The van der Waals surface area contributed by atoms with Crippen LogP contribution < -0.4 is 5.32 Å². The summed E-state index contributed by atoms with van der Waals surface area (Å²) in [6.07, 6.45) is 1.37. The van der Waals surface area contributed by atoms with Crippen molar-refractivity contribution < 1.29 is 17.4 Å². The first-order valence-electron chi connectivity index (χ1n) is 8.64. The summed E-state index contributed by atoms with van der Waals surface area (Å²) in [7, 11) is -1.72. The number of aliphatic imine (C=N–C) groups is 1. The Balaban J connectivity index is 0.00000280. The first kappa shape index (κ1) is 22.6. The average Bonchev–Trinajstić information content (AvgIpc) is 3.25. The zero-order valence-electron chi connectivity index (χ0n) is 16.1. The molecule has 0 radical (unpaired) electrons. The number of oxazole rings is 1. The van der Waals surface area contributed by atoms with Crippen molar-refractivity contribution in [2.24, 2.45) is 4.99 Å². The molecule has 2 aromatic rings. The van der Waals surface area contributed by atoms with E-state index in [1.165, 1.54) is 10.6 Å². The average molecular weight is 524 g/mol. The lowest BCUT2D eigenvalue weighted by atomic mass is 10.4. The summed E-state index contributed by atoms with van der Waals surface area (Å²) in [6.45, 7) is 6.06. The van der Waals surface area contributed by atoms with Gasteiger partial charge in [-0.1, -0.05) is 5.16 Å². The Labute approximate surface area is 181 Å².